The first-order chi connectivity index (χ1) is 14.0. The van der Waals surface area contributed by atoms with Gasteiger partial charge in [0.15, 0.2) is 11.5 Å². The highest BCUT2D eigenvalue weighted by Gasteiger charge is 2.21. The summed E-state index contributed by atoms with van der Waals surface area (Å²) in [4.78, 5) is 24.8. The summed E-state index contributed by atoms with van der Waals surface area (Å²) in [6, 6.07) is 8.09. The van der Waals surface area contributed by atoms with E-state index in [1.165, 1.54) is 33.5 Å². The highest BCUT2D eigenvalue weighted by molar-refractivity contribution is 5.93. The van der Waals surface area contributed by atoms with E-state index in [2.05, 4.69) is 0 Å². The number of hydrogen-bond acceptors (Lipinski definition) is 7. The minimum absolute atomic E-state index is 0.231. The van der Waals surface area contributed by atoms with Crippen molar-refractivity contribution in [2.45, 2.75) is 19.3 Å². The molecule has 2 aromatic carbocycles. The van der Waals surface area contributed by atoms with Gasteiger partial charge in [0.2, 0.25) is 5.75 Å². The zero-order valence-electron chi connectivity index (χ0n) is 16.4. The van der Waals surface area contributed by atoms with Crippen LogP contribution in [0.2, 0.25) is 0 Å². The van der Waals surface area contributed by atoms with E-state index in [4.69, 9.17) is 23.4 Å². The number of methoxy groups -OCH3 is 3. The van der Waals surface area contributed by atoms with Crippen molar-refractivity contribution in [1.82, 2.24) is 0 Å². The van der Waals surface area contributed by atoms with E-state index in [1.807, 2.05) is 6.07 Å². The lowest BCUT2D eigenvalue weighted by atomic mass is 10.1. The van der Waals surface area contributed by atoms with E-state index in [0.717, 1.165) is 35.8 Å². The summed E-state index contributed by atoms with van der Waals surface area (Å²) < 4.78 is 26.7. The molecule has 0 atom stereocenters. The first-order valence-corrected chi connectivity index (χ1v) is 9.16. The van der Waals surface area contributed by atoms with Crippen LogP contribution >= 0.6 is 0 Å². The monoisotopic (exact) mass is 396 g/mol. The number of aryl methyl sites for hydroxylation is 1. The van der Waals surface area contributed by atoms with Gasteiger partial charge in [0.25, 0.3) is 0 Å². The van der Waals surface area contributed by atoms with Crippen LogP contribution in [0.5, 0.6) is 23.0 Å². The average Bonchev–Trinajstić information content (AvgIpc) is 3.23. The number of hydrogen-bond donors (Lipinski definition) is 0. The third kappa shape index (κ3) is 3.29. The van der Waals surface area contributed by atoms with Crippen molar-refractivity contribution in [3.8, 4) is 23.0 Å². The van der Waals surface area contributed by atoms with Crippen LogP contribution in [0.4, 0.5) is 0 Å². The Labute approximate surface area is 166 Å². The van der Waals surface area contributed by atoms with E-state index < -0.39 is 5.97 Å². The number of carbonyl (C=O) groups excluding carboxylic acids is 1. The molecule has 0 saturated carbocycles. The fourth-order valence-electron chi connectivity index (χ4n) is 3.69. The number of fused-ring (bicyclic) bond motifs is 3. The quantitative estimate of drug-likeness (QED) is 0.371. The fraction of sp³-hybridized carbons (Fsp3) is 0.273. The molecule has 0 saturated heterocycles. The molecule has 7 heteroatoms. The van der Waals surface area contributed by atoms with Crippen molar-refractivity contribution < 1.29 is 28.2 Å². The molecule has 150 valence electrons. The van der Waals surface area contributed by atoms with Gasteiger partial charge in [-0.15, -0.1) is 0 Å². The van der Waals surface area contributed by atoms with Crippen molar-refractivity contribution in [2.75, 3.05) is 21.3 Å². The van der Waals surface area contributed by atoms with Crippen LogP contribution in [0.3, 0.4) is 0 Å². The molecule has 7 nitrogen and oxygen atoms in total. The summed E-state index contributed by atoms with van der Waals surface area (Å²) in [5, 5.41) is 0.879. The molecule has 1 aliphatic carbocycles. The second kappa shape index (κ2) is 7.50. The summed E-state index contributed by atoms with van der Waals surface area (Å²) in [6.45, 7) is 0. The van der Waals surface area contributed by atoms with Gasteiger partial charge in [0.1, 0.15) is 11.3 Å². The lowest BCUT2D eigenvalue weighted by Crippen LogP contribution is -2.10. The Hall–Kier alpha value is -3.48. The van der Waals surface area contributed by atoms with Gasteiger partial charge in [0.05, 0.1) is 26.9 Å². The second-order valence-corrected chi connectivity index (χ2v) is 6.66. The molecule has 0 radical (unpaired) electrons. The first-order valence-electron chi connectivity index (χ1n) is 9.16. The number of esters is 1. The highest BCUT2D eigenvalue weighted by Crippen LogP contribution is 2.38. The average molecular weight is 396 g/mol. The SMILES string of the molecule is COc1cc(C(=O)Oc2ccc3c4c(c(=O)oc3c2)CCC4)cc(OC)c1OC. The van der Waals surface area contributed by atoms with Crippen LogP contribution in [0.25, 0.3) is 11.0 Å². The molecular formula is C22H20O7. The predicted octanol–water partition coefficient (Wildman–Crippen LogP) is 3.53. The standard InChI is InChI=1S/C22H20O7/c1-25-18-9-12(10-19(26-2)20(18)27-3)21(23)28-13-7-8-15-14-5-4-6-16(14)22(24)29-17(15)11-13/h7-11H,4-6H2,1-3H3. The van der Waals surface area contributed by atoms with Gasteiger partial charge in [-0.2, -0.15) is 0 Å². The topological polar surface area (TPSA) is 84.2 Å². The smallest absolute Gasteiger partial charge is 0.343 e. The Bertz CT molecular complexity index is 1130. The minimum Gasteiger partial charge on any atom is -0.493 e. The molecular weight excluding hydrogens is 376 g/mol. The molecule has 0 amide bonds. The lowest BCUT2D eigenvalue weighted by molar-refractivity contribution is 0.0734. The molecule has 1 aromatic heterocycles. The normalized spacial score (nSPS) is 12.5. The van der Waals surface area contributed by atoms with Crippen molar-refractivity contribution in [3.05, 3.63) is 57.4 Å². The maximum atomic E-state index is 12.7. The van der Waals surface area contributed by atoms with Crippen LogP contribution in [0.15, 0.2) is 39.5 Å². The van der Waals surface area contributed by atoms with Crippen LogP contribution in [0, 0.1) is 0 Å². The summed E-state index contributed by atoms with van der Waals surface area (Å²) >= 11 is 0. The molecule has 1 aliphatic rings. The maximum absolute atomic E-state index is 12.7. The van der Waals surface area contributed by atoms with Crippen molar-refractivity contribution >= 4 is 16.9 Å². The summed E-state index contributed by atoms with van der Waals surface area (Å²) in [7, 11) is 4.42. The predicted molar refractivity (Wildman–Crippen MR) is 106 cm³/mol. The van der Waals surface area contributed by atoms with Crippen LogP contribution in [-0.2, 0) is 12.8 Å². The summed E-state index contributed by atoms with van der Waals surface area (Å²) in [5.74, 6) is 0.745. The molecule has 0 fully saturated rings. The lowest BCUT2D eigenvalue weighted by Gasteiger charge is -2.14. The van der Waals surface area contributed by atoms with E-state index in [0.29, 0.717) is 22.8 Å². The van der Waals surface area contributed by atoms with Gasteiger partial charge in [-0.25, -0.2) is 9.59 Å². The minimum atomic E-state index is -0.605. The zero-order valence-corrected chi connectivity index (χ0v) is 16.4. The molecule has 0 aliphatic heterocycles. The highest BCUT2D eigenvalue weighted by atomic mass is 16.5. The summed E-state index contributed by atoms with van der Waals surface area (Å²) in [6.07, 6.45) is 2.53. The van der Waals surface area contributed by atoms with E-state index in [9.17, 15) is 9.59 Å². The number of rotatable bonds is 5. The molecule has 0 spiro atoms. The molecule has 3 aromatic rings. The second-order valence-electron chi connectivity index (χ2n) is 6.66. The molecule has 0 bridgehead atoms. The van der Waals surface area contributed by atoms with Gasteiger partial charge in [0, 0.05) is 17.0 Å². The number of ether oxygens (including phenoxy) is 4. The van der Waals surface area contributed by atoms with Crippen LogP contribution in [0.1, 0.15) is 27.9 Å². The Morgan fingerprint density at radius 1 is 0.931 bits per heavy atom. The third-order valence-corrected chi connectivity index (χ3v) is 5.06. The van der Waals surface area contributed by atoms with Crippen LogP contribution in [-0.4, -0.2) is 27.3 Å². The van der Waals surface area contributed by atoms with E-state index in [1.54, 1.807) is 12.1 Å². The molecule has 4 rings (SSSR count). The number of carbonyl (C=O) groups is 1. The molecule has 1 heterocycles. The molecule has 0 unspecified atom stereocenters. The third-order valence-electron chi connectivity index (χ3n) is 5.06. The largest absolute Gasteiger partial charge is 0.493 e. The fourth-order valence-corrected chi connectivity index (χ4v) is 3.69. The molecule has 29 heavy (non-hydrogen) atoms. The van der Waals surface area contributed by atoms with E-state index >= 15 is 0 Å². The van der Waals surface area contributed by atoms with Gasteiger partial charge in [-0.05, 0) is 49.1 Å². The molecule has 0 N–H and O–H groups in total. The Kier molecular flexibility index (Phi) is 4.88. The first kappa shape index (κ1) is 18.9. The Morgan fingerprint density at radius 2 is 1.62 bits per heavy atom. The zero-order chi connectivity index (χ0) is 20.5. The Morgan fingerprint density at radius 3 is 2.28 bits per heavy atom. The van der Waals surface area contributed by atoms with Gasteiger partial charge >= 0.3 is 11.6 Å². The van der Waals surface area contributed by atoms with Crippen molar-refractivity contribution in [3.63, 3.8) is 0 Å². The summed E-state index contributed by atoms with van der Waals surface area (Å²) in [5.41, 5.74) is 2.09. The number of benzene rings is 2. The van der Waals surface area contributed by atoms with Gasteiger partial charge < -0.3 is 23.4 Å². The van der Waals surface area contributed by atoms with Gasteiger partial charge in [-0.1, -0.05) is 0 Å². The van der Waals surface area contributed by atoms with E-state index in [-0.39, 0.29) is 16.9 Å². The van der Waals surface area contributed by atoms with Gasteiger partial charge in [-0.3, -0.25) is 0 Å². The van der Waals surface area contributed by atoms with Crippen molar-refractivity contribution in [2.24, 2.45) is 0 Å². The maximum Gasteiger partial charge on any atom is 0.343 e. The van der Waals surface area contributed by atoms with Crippen molar-refractivity contribution in [1.29, 1.82) is 0 Å². The Balaban J connectivity index is 1.67. The van der Waals surface area contributed by atoms with Crippen LogP contribution < -0.4 is 24.6 Å².